The van der Waals surface area contributed by atoms with Crippen LogP contribution in [0.4, 0.5) is 0 Å². The maximum Gasteiger partial charge on any atom is 0.263 e. The standard InChI is InChI=1S/C25H24N4O2S/c1-16(2)19-11-9-18(10-12-19)13-27-28-21(30)14-29-15-26-24-23(25(29)31)22(17(3)32-24)20-7-5-4-6-8-20/h4-13,15-16H,14H2,1-3H3,(H,28,30). The molecule has 1 amide bonds. The van der Waals surface area contributed by atoms with E-state index in [-0.39, 0.29) is 12.1 Å². The quantitative estimate of drug-likeness (QED) is 0.346. The summed E-state index contributed by atoms with van der Waals surface area (Å²) in [7, 11) is 0. The number of amides is 1. The first-order valence-electron chi connectivity index (χ1n) is 10.4. The average Bonchev–Trinajstić information content (AvgIpc) is 3.13. The summed E-state index contributed by atoms with van der Waals surface area (Å²) in [5.74, 6) is 0.0656. The third-order valence-electron chi connectivity index (χ3n) is 5.24. The second-order valence-electron chi connectivity index (χ2n) is 7.87. The number of thiophene rings is 1. The molecule has 0 saturated heterocycles. The normalized spacial score (nSPS) is 11.5. The number of carbonyl (C=O) groups excluding carboxylic acids is 1. The molecule has 2 aromatic heterocycles. The van der Waals surface area contributed by atoms with E-state index >= 15 is 0 Å². The first-order valence-corrected chi connectivity index (χ1v) is 11.2. The number of benzene rings is 2. The highest BCUT2D eigenvalue weighted by atomic mass is 32.1. The fraction of sp³-hybridized carbons (Fsp3) is 0.200. The van der Waals surface area contributed by atoms with Gasteiger partial charge in [0.2, 0.25) is 0 Å². The lowest BCUT2D eigenvalue weighted by atomic mass is 10.0. The van der Waals surface area contributed by atoms with Crippen LogP contribution in [0.2, 0.25) is 0 Å². The number of hydrogen-bond acceptors (Lipinski definition) is 5. The summed E-state index contributed by atoms with van der Waals surface area (Å²) in [6.07, 6.45) is 3.01. The number of fused-ring (bicyclic) bond motifs is 1. The van der Waals surface area contributed by atoms with Gasteiger partial charge in [-0.3, -0.25) is 14.2 Å². The Kier molecular flexibility index (Phi) is 6.28. The molecule has 0 unspecified atom stereocenters. The highest BCUT2D eigenvalue weighted by Crippen LogP contribution is 2.35. The summed E-state index contributed by atoms with van der Waals surface area (Å²) >= 11 is 1.48. The van der Waals surface area contributed by atoms with E-state index in [9.17, 15) is 9.59 Å². The Morgan fingerprint density at radius 3 is 2.56 bits per heavy atom. The molecule has 0 radical (unpaired) electrons. The van der Waals surface area contributed by atoms with Gasteiger partial charge in [0.25, 0.3) is 11.5 Å². The second-order valence-corrected chi connectivity index (χ2v) is 9.07. The maximum absolute atomic E-state index is 13.2. The zero-order chi connectivity index (χ0) is 22.7. The number of aromatic nitrogens is 2. The number of nitrogens with zero attached hydrogens (tertiary/aromatic N) is 3. The third kappa shape index (κ3) is 4.53. The molecule has 0 aliphatic rings. The highest BCUT2D eigenvalue weighted by Gasteiger charge is 2.17. The van der Waals surface area contributed by atoms with E-state index in [1.807, 2.05) is 61.5 Å². The van der Waals surface area contributed by atoms with Crippen molar-refractivity contribution in [3.8, 4) is 11.1 Å². The molecule has 4 rings (SSSR count). The lowest BCUT2D eigenvalue weighted by Gasteiger charge is -2.06. The van der Waals surface area contributed by atoms with Crippen LogP contribution in [0, 0.1) is 6.92 Å². The molecule has 0 aliphatic carbocycles. The first-order chi connectivity index (χ1) is 15.4. The van der Waals surface area contributed by atoms with Crippen LogP contribution in [0.15, 0.2) is 70.8 Å². The summed E-state index contributed by atoms with van der Waals surface area (Å²) in [5, 5.41) is 4.56. The van der Waals surface area contributed by atoms with Gasteiger partial charge >= 0.3 is 0 Å². The predicted octanol–water partition coefficient (Wildman–Crippen LogP) is 4.71. The van der Waals surface area contributed by atoms with Crippen LogP contribution in [0.3, 0.4) is 0 Å². The van der Waals surface area contributed by atoms with Gasteiger partial charge in [-0.05, 0) is 29.5 Å². The molecule has 0 bridgehead atoms. The van der Waals surface area contributed by atoms with Crippen molar-refractivity contribution in [1.82, 2.24) is 15.0 Å². The maximum atomic E-state index is 13.2. The molecule has 1 N–H and O–H groups in total. The SMILES string of the molecule is Cc1sc2ncn(CC(=O)NN=Cc3ccc(C(C)C)cc3)c(=O)c2c1-c1ccccc1. The van der Waals surface area contributed by atoms with Crippen LogP contribution < -0.4 is 11.0 Å². The lowest BCUT2D eigenvalue weighted by Crippen LogP contribution is -2.30. The number of aryl methyl sites for hydroxylation is 1. The van der Waals surface area contributed by atoms with Crippen molar-refractivity contribution in [2.24, 2.45) is 5.10 Å². The Bertz CT molecular complexity index is 1340. The van der Waals surface area contributed by atoms with Crippen molar-refractivity contribution >= 4 is 33.7 Å². The molecule has 2 heterocycles. The summed E-state index contributed by atoms with van der Waals surface area (Å²) < 4.78 is 1.32. The molecule has 4 aromatic rings. The zero-order valence-electron chi connectivity index (χ0n) is 18.2. The van der Waals surface area contributed by atoms with Gasteiger partial charge in [-0.15, -0.1) is 11.3 Å². The third-order valence-corrected chi connectivity index (χ3v) is 6.25. The molecular formula is C25H24N4O2S. The van der Waals surface area contributed by atoms with Crippen LogP contribution >= 0.6 is 11.3 Å². The molecule has 0 saturated carbocycles. The van der Waals surface area contributed by atoms with Gasteiger partial charge in [-0.2, -0.15) is 5.10 Å². The van der Waals surface area contributed by atoms with Gasteiger partial charge in [-0.1, -0.05) is 68.4 Å². The van der Waals surface area contributed by atoms with Crippen molar-refractivity contribution < 1.29 is 4.79 Å². The fourth-order valence-electron chi connectivity index (χ4n) is 3.54. The van der Waals surface area contributed by atoms with Gasteiger partial charge in [0.15, 0.2) is 0 Å². The molecule has 32 heavy (non-hydrogen) atoms. The van der Waals surface area contributed by atoms with Crippen LogP contribution in [0.1, 0.15) is 35.8 Å². The van der Waals surface area contributed by atoms with Gasteiger partial charge in [0, 0.05) is 10.4 Å². The Hall–Kier alpha value is -3.58. The van der Waals surface area contributed by atoms with Crippen molar-refractivity contribution in [1.29, 1.82) is 0 Å². The molecule has 6 nitrogen and oxygen atoms in total. The van der Waals surface area contributed by atoms with Crippen molar-refractivity contribution in [2.45, 2.75) is 33.2 Å². The minimum Gasteiger partial charge on any atom is -0.289 e. The van der Waals surface area contributed by atoms with Gasteiger partial charge in [0.1, 0.15) is 11.4 Å². The Morgan fingerprint density at radius 1 is 1.16 bits per heavy atom. The number of hydrazone groups is 1. The molecule has 7 heteroatoms. The smallest absolute Gasteiger partial charge is 0.263 e. The van der Waals surface area contributed by atoms with E-state index in [0.29, 0.717) is 16.1 Å². The fourth-order valence-corrected chi connectivity index (χ4v) is 4.54. The van der Waals surface area contributed by atoms with Crippen LogP contribution in [0.25, 0.3) is 21.3 Å². The molecule has 0 spiro atoms. The van der Waals surface area contributed by atoms with Crippen LogP contribution in [-0.2, 0) is 11.3 Å². The van der Waals surface area contributed by atoms with Crippen molar-refractivity contribution in [2.75, 3.05) is 0 Å². The average molecular weight is 445 g/mol. The van der Waals surface area contributed by atoms with Crippen LogP contribution in [0.5, 0.6) is 0 Å². The largest absolute Gasteiger partial charge is 0.289 e. The minimum atomic E-state index is -0.392. The minimum absolute atomic E-state index is 0.158. The van der Waals surface area contributed by atoms with Crippen molar-refractivity contribution in [3.63, 3.8) is 0 Å². The van der Waals surface area contributed by atoms with Gasteiger partial charge in [-0.25, -0.2) is 10.4 Å². The molecule has 2 aromatic carbocycles. The molecule has 0 atom stereocenters. The van der Waals surface area contributed by atoms with E-state index in [0.717, 1.165) is 21.6 Å². The van der Waals surface area contributed by atoms with Crippen LogP contribution in [-0.4, -0.2) is 21.7 Å². The van der Waals surface area contributed by atoms with Gasteiger partial charge < -0.3 is 0 Å². The number of nitrogens with one attached hydrogen (secondary N) is 1. The van der Waals surface area contributed by atoms with Crippen molar-refractivity contribution in [3.05, 3.63) is 87.3 Å². The first kappa shape index (κ1) is 21.6. The topological polar surface area (TPSA) is 76.3 Å². The zero-order valence-corrected chi connectivity index (χ0v) is 19.0. The van der Waals surface area contributed by atoms with E-state index in [4.69, 9.17) is 0 Å². The van der Waals surface area contributed by atoms with E-state index < -0.39 is 5.91 Å². The Balaban J connectivity index is 1.52. The number of carbonyl (C=O) groups is 1. The number of hydrogen-bond donors (Lipinski definition) is 1. The predicted molar refractivity (Wildman–Crippen MR) is 130 cm³/mol. The summed E-state index contributed by atoms with van der Waals surface area (Å²) in [4.78, 5) is 31.7. The summed E-state index contributed by atoms with van der Waals surface area (Å²) in [6, 6.07) is 17.8. The molecule has 0 aliphatic heterocycles. The monoisotopic (exact) mass is 444 g/mol. The van der Waals surface area contributed by atoms with Gasteiger partial charge in [0.05, 0.1) is 17.9 Å². The molecular weight excluding hydrogens is 420 g/mol. The molecule has 162 valence electrons. The lowest BCUT2D eigenvalue weighted by molar-refractivity contribution is -0.121. The number of rotatable bonds is 6. The Labute approximate surface area is 190 Å². The Morgan fingerprint density at radius 2 is 1.88 bits per heavy atom. The van der Waals surface area contributed by atoms with E-state index in [1.54, 1.807) is 6.21 Å². The highest BCUT2D eigenvalue weighted by molar-refractivity contribution is 7.19. The molecule has 0 fully saturated rings. The van der Waals surface area contributed by atoms with E-state index in [1.165, 1.54) is 27.8 Å². The second kappa shape index (κ2) is 9.28. The van der Waals surface area contributed by atoms with E-state index in [2.05, 4.69) is 29.4 Å². The summed E-state index contributed by atoms with van der Waals surface area (Å²) in [5.41, 5.74) is 6.22. The summed E-state index contributed by atoms with van der Waals surface area (Å²) in [6.45, 7) is 6.09.